The molecule has 0 bridgehead atoms. The Morgan fingerprint density at radius 1 is 1.43 bits per heavy atom. The maximum atomic E-state index is 12.8. The van der Waals surface area contributed by atoms with E-state index in [0.29, 0.717) is 5.69 Å². The molecule has 0 aliphatic heterocycles. The van der Waals surface area contributed by atoms with E-state index in [9.17, 15) is 4.39 Å². The van der Waals surface area contributed by atoms with E-state index in [1.807, 2.05) is 0 Å². The molecule has 1 aliphatic rings. The van der Waals surface area contributed by atoms with Crippen molar-refractivity contribution >= 4 is 5.69 Å². The van der Waals surface area contributed by atoms with Crippen molar-refractivity contribution in [3.05, 3.63) is 30.1 Å². The number of hydrogen-bond acceptors (Lipinski definition) is 2. The number of rotatable bonds is 2. The molecule has 1 aliphatic carbocycles. The third-order valence-corrected chi connectivity index (χ3v) is 2.63. The molecular weight excluding hydrogens is 179 g/mol. The Bertz CT molecular complexity index is 377. The van der Waals surface area contributed by atoms with Crippen LogP contribution in [0.3, 0.4) is 0 Å². The van der Waals surface area contributed by atoms with Gasteiger partial charge in [0.1, 0.15) is 11.4 Å². The SMILES string of the molecule is N#CC1(Nc2cccc(F)c2)CCC1. The molecule has 1 aromatic carbocycles. The summed E-state index contributed by atoms with van der Waals surface area (Å²) in [5.41, 5.74) is 0.236. The molecular formula is C11H11FN2. The second-order valence-electron chi connectivity index (χ2n) is 3.68. The van der Waals surface area contributed by atoms with Crippen molar-refractivity contribution in [3.63, 3.8) is 0 Å². The molecule has 0 heterocycles. The number of hydrogen-bond donors (Lipinski definition) is 1. The smallest absolute Gasteiger partial charge is 0.125 e. The van der Waals surface area contributed by atoms with E-state index in [4.69, 9.17) is 5.26 Å². The predicted octanol–water partition coefficient (Wildman–Crippen LogP) is 2.68. The van der Waals surface area contributed by atoms with E-state index >= 15 is 0 Å². The van der Waals surface area contributed by atoms with E-state index in [1.165, 1.54) is 12.1 Å². The lowest BCUT2D eigenvalue weighted by atomic mass is 9.78. The van der Waals surface area contributed by atoms with Crippen LogP contribution in [0.1, 0.15) is 19.3 Å². The van der Waals surface area contributed by atoms with Gasteiger partial charge in [-0.1, -0.05) is 6.07 Å². The zero-order valence-electron chi connectivity index (χ0n) is 7.76. The number of nitrogens with one attached hydrogen (secondary N) is 1. The van der Waals surface area contributed by atoms with Crippen molar-refractivity contribution in [1.82, 2.24) is 0 Å². The fraction of sp³-hybridized carbons (Fsp3) is 0.364. The molecule has 0 radical (unpaired) electrons. The number of benzene rings is 1. The van der Waals surface area contributed by atoms with Gasteiger partial charge >= 0.3 is 0 Å². The van der Waals surface area contributed by atoms with Gasteiger partial charge in [-0.25, -0.2) is 4.39 Å². The van der Waals surface area contributed by atoms with Gasteiger partial charge in [0, 0.05) is 5.69 Å². The molecule has 3 heteroatoms. The van der Waals surface area contributed by atoms with Crippen LogP contribution in [0.15, 0.2) is 24.3 Å². The average Bonchev–Trinajstić information content (AvgIpc) is 2.11. The first-order chi connectivity index (χ1) is 6.74. The zero-order chi connectivity index (χ0) is 10.0. The summed E-state index contributed by atoms with van der Waals surface area (Å²) >= 11 is 0. The van der Waals surface area contributed by atoms with E-state index in [-0.39, 0.29) is 5.82 Å². The molecule has 0 atom stereocenters. The van der Waals surface area contributed by atoms with Crippen LogP contribution in [0.25, 0.3) is 0 Å². The molecule has 0 aromatic heterocycles. The average molecular weight is 190 g/mol. The van der Waals surface area contributed by atoms with Crippen LogP contribution in [0.2, 0.25) is 0 Å². The van der Waals surface area contributed by atoms with Crippen LogP contribution < -0.4 is 5.32 Å². The van der Waals surface area contributed by atoms with Gasteiger partial charge in [0.05, 0.1) is 6.07 Å². The summed E-state index contributed by atoms with van der Waals surface area (Å²) in [5, 5.41) is 12.0. The van der Waals surface area contributed by atoms with Crippen molar-refractivity contribution in [1.29, 1.82) is 5.26 Å². The summed E-state index contributed by atoms with van der Waals surface area (Å²) in [7, 11) is 0. The number of nitriles is 1. The predicted molar refractivity (Wildman–Crippen MR) is 52.2 cm³/mol. The first kappa shape index (κ1) is 9.01. The molecule has 1 aromatic rings. The minimum absolute atomic E-state index is 0.276. The molecule has 0 saturated heterocycles. The van der Waals surface area contributed by atoms with Gasteiger partial charge in [0.15, 0.2) is 0 Å². The van der Waals surface area contributed by atoms with Crippen molar-refractivity contribution in [2.75, 3.05) is 5.32 Å². The van der Waals surface area contributed by atoms with Crippen LogP contribution in [-0.4, -0.2) is 5.54 Å². The minimum Gasteiger partial charge on any atom is -0.367 e. The van der Waals surface area contributed by atoms with E-state index < -0.39 is 5.54 Å². The molecule has 0 amide bonds. The number of anilines is 1. The highest BCUT2D eigenvalue weighted by Gasteiger charge is 2.36. The minimum atomic E-state index is -0.451. The summed E-state index contributed by atoms with van der Waals surface area (Å²) < 4.78 is 12.8. The van der Waals surface area contributed by atoms with E-state index in [1.54, 1.807) is 12.1 Å². The highest BCUT2D eigenvalue weighted by Crippen LogP contribution is 2.34. The lowest BCUT2D eigenvalue weighted by Crippen LogP contribution is -2.43. The van der Waals surface area contributed by atoms with Crippen LogP contribution in [-0.2, 0) is 0 Å². The van der Waals surface area contributed by atoms with Gasteiger partial charge in [0.25, 0.3) is 0 Å². The highest BCUT2D eigenvalue weighted by molar-refractivity contribution is 5.48. The monoisotopic (exact) mass is 190 g/mol. The van der Waals surface area contributed by atoms with Gasteiger partial charge in [0.2, 0.25) is 0 Å². The molecule has 0 spiro atoms. The van der Waals surface area contributed by atoms with Gasteiger partial charge in [-0.15, -0.1) is 0 Å². The van der Waals surface area contributed by atoms with Crippen LogP contribution >= 0.6 is 0 Å². The zero-order valence-corrected chi connectivity index (χ0v) is 7.76. The van der Waals surface area contributed by atoms with Crippen LogP contribution in [0, 0.1) is 17.1 Å². The normalized spacial score (nSPS) is 18.0. The van der Waals surface area contributed by atoms with Crippen molar-refractivity contribution in [2.45, 2.75) is 24.8 Å². The Labute approximate surface area is 82.4 Å². The maximum absolute atomic E-state index is 12.8. The summed E-state index contributed by atoms with van der Waals surface area (Å²) in [6.45, 7) is 0. The molecule has 1 saturated carbocycles. The Kier molecular flexibility index (Phi) is 2.12. The Hall–Kier alpha value is -1.56. The van der Waals surface area contributed by atoms with Gasteiger partial charge < -0.3 is 5.32 Å². The lowest BCUT2D eigenvalue weighted by Gasteiger charge is -2.36. The largest absolute Gasteiger partial charge is 0.367 e. The molecule has 1 N–H and O–H groups in total. The summed E-state index contributed by atoms with van der Waals surface area (Å²) in [6, 6.07) is 8.48. The second-order valence-corrected chi connectivity index (χ2v) is 3.68. The van der Waals surface area contributed by atoms with Crippen molar-refractivity contribution in [3.8, 4) is 6.07 Å². The maximum Gasteiger partial charge on any atom is 0.125 e. The van der Waals surface area contributed by atoms with E-state index in [0.717, 1.165) is 19.3 Å². The lowest BCUT2D eigenvalue weighted by molar-refractivity contribution is 0.356. The van der Waals surface area contributed by atoms with Crippen molar-refractivity contribution in [2.24, 2.45) is 0 Å². The molecule has 1 fully saturated rings. The first-order valence-corrected chi connectivity index (χ1v) is 4.69. The van der Waals surface area contributed by atoms with Crippen LogP contribution in [0.4, 0.5) is 10.1 Å². The molecule has 14 heavy (non-hydrogen) atoms. The quantitative estimate of drug-likeness (QED) is 0.778. The van der Waals surface area contributed by atoms with Gasteiger partial charge in [-0.05, 0) is 37.5 Å². The topological polar surface area (TPSA) is 35.8 Å². The third-order valence-electron chi connectivity index (χ3n) is 2.63. The van der Waals surface area contributed by atoms with Gasteiger partial charge in [-0.2, -0.15) is 5.26 Å². The Balaban J connectivity index is 2.14. The molecule has 2 nitrogen and oxygen atoms in total. The summed E-state index contributed by atoms with van der Waals surface area (Å²) in [4.78, 5) is 0. The Morgan fingerprint density at radius 2 is 2.21 bits per heavy atom. The fourth-order valence-electron chi connectivity index (χ4n) is 1.64. The molecule has 72 valence electrons. The molecule has 2 rings (SSSR count). The summed E-state index contributed by atoms with van der Waals surface area (Å²) in [6.07, 6.45) is 2.76. The highest BCUT2D eigenvalue weighted by atomic mass is 19.1. The second kappa shape index (κ2) is 3.30. The van der Waals surface area contributed by atoms with Crippen molar-refractivity contribution < 1.29 is 4.39 Å². The molecule has 0 unspecified atom stereocenters. The standard InChI is InChI=1S/C11H11FN2/c12-9-3-1-4-10(7-9)14-11(8-13)5-2-6-11/h1,3-4,7,14H,2,5-6H2. The Morgan fingerprint density at radius 3 is 2.71 bits per heavy atom. The number of halogens is 1. The van der Waals surface area contributed by atoms with Gasteiger partial charge in [-0.3, -0.25) is 0 Å². The third kappa shape index (κ3) is 1.56. The fourth-order valence-corrected chi connectivity index (χ4v) is 1.64. The summed E-state index contributed by atoms with van der Waals surface area (Å²) in [5.74, 6) is -0.276. The number of nitrogens with zero attached hydrogens (tertiary/aromatic N) is 1. The first-order valence-electron chi connectivity index (χ1n) is 4.69. The van der Waals surface area contributed by atoms with Crippen LogP contribution in [0.5, 0.6) is 0 Å². The van der Waals surface area contributed by atoms with E-state index in [2.05, 4.69) is 11.4 Å².